The highest BCUT2D eigenvalue weighted by atomic mass is 19.1. The standard InChI is InChI=1S/C14H19FO/c1-10-8-12(15)6-7-14(10)11-4-2-3-5-13(16)9-11/h6-8,11,13,16H,2-5,9H2,1H3. The summed E-state index contributed by atoms with van der Waals surface area (Å²) in [5.41, 5.74) is 2.22. The van der Waals surface area contributed by atoms with E-state index in [0.29, 0.717) is 5.92 Å². The van der Waals surface area contributed by atoms with E-state index < -0.39 is 0 Å². The molecule has 2 unspecified atom stereocenters. The molecule has 1 fully saturated rings. The van der Waals surface area contributed by atoms with E-state index in [-0.39, 0.29) is 11.9 Å². The molecular formula is C14H19FO. The van der Waals surface area contributed by atoms with Crippen molar-refractivity contribution in [3.05, 3.63) is 35.1 Å². The lowest BCUT2D eigenvalue weighted by Gasteiger charge is -2.19. The van der Waals surface area contributed by atoms with Gasteiger partial charge in [-0.25, -0.2) is 4.39 Å². The summed E-state index contributed by atoms with van der Waals surface area (Å²) in [6.45, 7) is 1.95. The van der Waals surface area contributed by atoms with Crippen LogP contribution in [0.4, 0.5) is 4.39 Å². The van der Waals surface area contributed by atoms with Crippen LogP contribution >= 0.6 is 0 Å². The van der Waals surface area contributed by atoms with Gasteiger partial charge in [-0.05, 0) is 55.4 Å². The topological polar surface area (TPSA) is 20.2 Å². The summed E-state index contributed by atoms with van der Waals surface area (Å²) < 4.78 is 13.0. The molecule has 1 nitrogen and oxygen atoms in total. The van der Waals surface area contributed by atoms with Crippen LogP contribution in [0.25, 0.3) is 0 Å². The van der Waals surface area contributed by atoms with Gasteiger partial charge in [-0.3, -0.25) is 0 Å². The molecule has 0 amide bonds. The molecule has 2 atom stereocenters. The van der Waals surface area contributed by atoms with Crippen LogP contribution in [0.3, 0.4) is 0 Å². The van der Waals surface area contributed by atoms with Crippen molar-refractivity contribution in [2.45, 2.75) is 51.0 Å². The number of hydrogen-bond donors (Lipinski definition) is 1. The summed E-state index contributed by atoms with van der Waals surface area (Å²) in [5.74, 6) is 0.230. The SMILES string of the molecule is Cc1cc(F)ccc1C1CCCCC(O)C1. The van der Waals surface area contributed by atoms with Gasteiger partial charge in [0.25, 0.3) is 0 Å². The summed E-state index contributed by atoms with van der Waals surface area (Å²) in [6, 6.07) is 5.00. The molecule has 1 aliphatic carbocycles. The second kappa shape index (κ2) is 4.96. The van der Waals surface area contributed by atoms with E-state index in [1.807, 2.05) is 13.0 Å². The van der Waals surface area contributed by atoms with Gasteiger partial charge in [0.2, 0.25) is 0 Å². The maximum absolute atomic E-state index is 13.0. The lowest BCUT2D eigenvalue weighted by Crippen LogP contribution is -2.10. The molecule has 2 heteroatoms. The fourth-order valence-electron chi connectivity index (χ4n) is 2.71. The van der Waals surface area contributed by atoms with Crippen molar-refractivity contribution >= 4 is 0 Å². The first kappa shape index (κ1) is 11.6. The minimum absolute atomic E-state index is 0.171. The first-order valence-corrected chi connectivity index (χ1v) is 6.11. The highest BCUT2D eigenvalue weighted by Crippen LogP contribution is 2.33. The van der Waals surface area contributed by atoms with Crippen molar-refractivity contribution in [1.29, 1.82) is 0 Å². The van der Waals surface area contributed by atoms with Crippen LogP contribution in [0.5, 0.6) is 0 Å². The summed E-state index contributed by atoms with van der Waals surface area (Å²) in [4.78, 5) is 0. The number of aryl methyl sites for hydroxylation is 1. The molecule has 1 saturated carbocycles. The molecular weight excluding hydrogens is 203 g/mol. The maximum Gasteiger partial charge on any atom is 0.123 e. The smallest absolute Gasteiger partial charge is 0.123 e. The Kier molecular flexibility index (Phi) is 3.59. The molecule has 1 aromatic carbocycles. The second-order valence-corrected chi connectivity index (χ2v) is 4.87. The van der Waals surface area contributed by atoms with Crippen molar-refractivity contribution in [2.75, 3.05) is 0 Å². The van der Waals surface area contributed by atoms with Crippen molar-refractivity contribution < 1.29 is 9.50 Å². The van der Waals surface area contributed by atoms with Crippen molar-refractivity contribution in [3.63, 3.8) is 0 Å². The van der Waals surface area contributed by atoms with Gasteiger partial charge in [-0.2, -0.15) is 0 Å². The average Bonchev–Trinajstić information content (AvgIpc) is 2.43. The molecule has 0 bridgehead atoms. The third-order valence-corrected chi connectivity index (χ3v) is 3.57. The first-order valence-electron chi connectivity index (χ1n) is 6.11. The number of benzene rings is 1. The molecule has 2 rings (SSSR count). The van der Waals surface area contributed by atoms with E-state index in [1.165, 1.54) is 18.1 Å². The van der Waals surface area contributed by atoms with Crippen LogP contribution in [0.2, 0.25) is 0 Å². The monoisotopic (exact) mass is 222 g/mol. The highest BCUT2D eigenvalue weighted by molar-refractivity contribution is 5.30. The zero-order valence-corrected chi connectivity index (χ0v) is 9.75. The van der Waals surface area contributed by atoms with Gasteiger partial charge in [-0.1, -0.05) is 18.9 Å². The molecule has 16 heavy (non-hydrogen) atoms. The van der Waals surface area contributed by atoms with E-state index in [2.05, 4.69) is 0 Å². The molecule has 88 valence electrons. The Morgan fingerprint density at radius 3 is 2.75 bits per heavy atom. The van der Waals surface area contributed by atoms with Crippen LogP contribution in [0.1, 0.15) is 49.1 Å². The van der Waals surface area contributed by atoms with Crippen LogP contribution in [-0.2, 0) is 0 Å². The van der Waals surface area contributed by atoms with E-state index in [9.17, 15) is 9.50 Å². The van der Waals surface area contributed by atoms with Crippen molar-refractivity contribution in [3.8, 4) is 0 Å². The normalized spacial score (nSPS) is 26.4. The summed E-state index contributed by atoms with van der Waals surface area (Å²) in [6.07, 6.45) is 4.94. The second-order valence-electron chi connectivity index (χ2n) is 4.87. The molecule has 1 aliphatic rings. The number of halogens is 1. The lowest BCUT2D eigenvalue weighted by atomic mass is 9.88. The number of rotatable bonds is 1. The molecule has 0 radical (unpaired) electrons. The zero-order valence-electron chi connectivity index (χ0n) is 9.75. The zero-order chi connectivity index (χ0) is 11.5. The molecule has 0 heterocycles. The molecule has 0 aliphatic heterocycles. The Morgan fingerprint density at radius 1 is 1.25 bits per heavy atom. The molecule has 1 N–H and O–H groups in total. The van der Waals surface area contributed by atoms with Gasteiger partial charge in [0, 0.05) is 0 Å². The van der Waals surface area contributed by atoms with Crippen LogP contribution in [0.15, 0.2) is 18.2 Å². The van der Waals surface area contributed by atoms with Gasteiger partial charge in [0.15, 0.2) is 0 Å². The largest absolute Gasteiger partial charge is 0.393 e. The third-order valence-electron chi connectivity index (χ3n) is 3.57. The molecule has 0 spiro atoms. The summed E-state index contributed by atoms with van der Waals surface area (Å²) in [7, 11) is 0. The fraction of sp³-hybridized carbons (Fsp3) is 0.571. The molecule has 0 aromatic heterocycles. The third kappa shape index (κ3) is 2.62. The van der Waals surface area contributed by atoms with Crippen molar-refractivity contribution in [2.24, 2.45) is 0 Å². The Bertz CT molecular complexity index is 362. The highest BCUT2D eigenvalue weighted by Gasteiger charge is 2.21. The van der Waals surface area contributed by atoms with Gasteiger partial charge in [0.1, 0.15) is 5.82 Å². The summed E-state index contributed by atoms with van der Waals surface area (Å²) >= 11 is 0. The first-order chi connectivity index (χ1) is 7.66. The number of aliphatic hydroxyl groups excluding tert-OH is 1. The Hall–Kier alpha value is -0.890. The minimum atomic E-state index is -0.183. The van der Waals surface area contributed by atoms with E-state index in [0.717, 1.165) is 31.2 Å². The predicted octanol–water partition coefficient (Wildman–Crippen LogP) is 3.54. The van der Waals surface area contributed by atoms with Gasteiger partial charge in [-0.15, -0.1) is 0 Å². The van der Waals surface area contributed by atoms with E-state index in [1.54, 1.807) is 6.07 Å². The predicted molar refractivity (Wildman–Crippen MR) is 63.0 cm³/mol. The Labute approximate surface area is 96.3 Å². The van der Waals surface area contributed by atoms with E-state index in [4.69, 9.17) is 0 Å². The van der Waals surface area contributed by atoms with Crippen LogP contribution in [0, 0.1) is 12.7 Å². The average molecular weight is 222 g/mol. The Morgan fingerprint density at radius 2 is 2.00 bits per heavy atom. The van der Waals surface area contributed by atoms with E-state index >= 15 is 0 Å². The van der Waals surface area contributed by atoms with Gasteiger partial charge >= 0.3 is 0 Å². The number of aliphatic hydroxyl groups is 1. The van der Waals surface area contributed by atoms with Crippen LogP contribution < -0.4 is 0 Å². The minimum Gasteiger partial charge on any atom is -0.393 e. The van der Waals surface area contributed by atoms with Gasteiger partial charge < -0.3 is 5.11 Å². The number of hydrogen-bond acceptors (Lipinski definition) is 1. The fourth-order valence-corrected chi connectivity index (χ4v) is 2.71. The van der Waals surface area contributed by atoms with Crippen LogP contribution in [-0.4, -0.2) is 11.2 Å². The quantitative estimate of drug-likeness (QED) is 0.720. The summed E-state index contributed by atoms with van der Waals surface area (Å²) in [5, 5.41) is 9.79. The lowest BCUT2D eigenvalue weighted by molar-refractivity contribution is 0.152. The molecule has 1 aromatic rings. The molecule has 0 saturated heterocycles. The Balaban J connectivity index is 2.21. The van der Waals surface area contributed by atoms with Crippen molar-refractivity contribution in [1.82, 2.24) is 0 Å². The maximum atomic E-state index is 13.0. The van der Waals surface area contributed by atoms with Gasteiger partial charge in [0.05, 0.1) is 6.10 Å².